The highest BCUT2D eigenvalue weighted by atomic mass is 35.5. The first-order valence-corrected chi connectivity index (χ1v) is 9.69. The van der Waals surface area contributed by atoms with Crippen molar-refractivity contribution in [2.45, 2.75) is 18.6 Å². The maximum Gasteiger partial charge on any atom is 0.292 e. The van der Waals surface area contributed by atoms with Gasteiger partial charge in [0.05, 0.1) is 37.6 Å². The van der Waals surface area contributed by atoms with Gasteiger partial charge in [0.1, 0.15) is 11.5 Å². The summed E-state index contributed by atoms with van der Waals surface area (Å²) in [5.41, 5.74) is 1.35. The highest BCUT2D eigenvalue weighted by Gasteiger charge is 2.55. The summed E-state index contributed by atoms with van der Waals surface area (Å²) in [7, 11) is 1.62. The summed E-state index contributed by atoms with van der Waals surface area (Å²) in [6.07, 6.45) is 1.40. The summed E-state index contributed by atoms with van der Waals surface area (Å²) in [6.45, 7) is 1.88. The molecule has 0 atom stereocenters. The van der Waals surface area contributed by atoms with Crippen LogP contribution >= 0.6 is 11.6 Å². The molecule has 6 nitrogen and oxygen atoms in total. The average molecular weight is 404 g/mol. The molecule has 0 aromatic heterocycles. The van der Waals surface area contributed by atoms with Gasteiger partial charge in [0.15, 0.2) is 0 Å². The second-order valence-electron chi connectivity index (χ2n) is 6.64. The topological polar surface area (TPSA) is 57.2 Å². The van der Waals surface area contributed by atoms with Crippen molar-refractivity contribution in [1.29, 1.82) is 0 Å². The van der Waals surface area contributed by atoms with Crippen LogP contribution in [0.3, 0.4) is 0 Å². The average Bonchev–Trinajstić information content (AvgIpc) is 2.96. The molecule has 1 fully saturated rings. The zero-order valence-electron chi connectivity index (χ0n) is 15.7. The zero-order valence-corrected chi connectivity index (χ0v) is 16.4. The van der Waals surface area contributed by atoms with E-state index in [0.717, 1.165) is 17.9 Å². The highest BCUT2D eigenvalue weighted by Crippen LogP contribution is 2.48. The minimum Gasteiger partial charge on any atom is -0.497 e. The van der Waals surface area contributed by atoms with Crippen LogP contribution in [0.2, 0.25) is 5.02 Å². The number of hydrogen-bond donors (Lipinski definition) is 0. The maximum absolute atomic E-state index is 13.2. The van der Waals surface area contributed by atoms with Crippen LogP contribution in [-0.4, -0.2) is 39.4 Å². The molecule has 4 rings (SSSR count). The summed E-state index contributed by atoms with van der Waals surface area (Å²) in [4.78, 5) is 14.8. The first-order chi connectivity index (χ1) is 13.7. The molecule has 28 heavy (non-hydrogen) atoms. The molecule has 7 heteroatoms. The Morgan fingerprint density at radius 3 is 2.54 bits per heavy atom. The van der Waals surface area contributed by atoms with E-state index in [1.165, 1.54) is 0 Å². The molecule has 1 spiro atoms. The van der Waals surface area contributed by atoms with Crippen molar-refractivity contribution >= 4 is 23.2 Å². The van der Waals surface area contributed by atoms with Gasteiger partial charge in [-0.2, -0.15) is 0 Å². The van der Waals surface area contributed by atoms with Gasteiger partial charge in [-0.1, -0.05) is 23.7 Å². The Balaban J connectivity index is 1.45. The Hall–Kier alpha value is -2.28. The van der Waals surface area contributed by atoms with Crippen LogP contribution < -0.4 is 14.4 Å². The molecule has 2 aromatic rings. The van der Waals surface area contributed by atoms with Crippen molar-refractivity contribution < 1.29 is 23.7 Å². The minimum atomic E-state index is -1.37. The van der Waals surface area contributed by atoms with Gasteiger partial charge in [0.2, 0.25) is 0 Å². The van der Waals surface area contributed by atoms with Crippen molar-refractivity contribution in [2.75, 3.05) is 38.4 Å². The summed E-state index contributed by atoms with van der Waals surface area (Å²) in [6, 6.07) is 12.8. The van der Waals surface area contributed by atoms with Gasteiger partial charge in [-0.25, -0.2) is 0 Å². The van der Waals surface area contributed by atoms with E-state index in [2.05, 4.69) is 0 Å². The van der Waals surface area contributed by atoms with E-state index in [1.54, 1.807) is 18.1 Å². The van der Waals surface area contributed by atoms with Gasteiger partial charge in [-0.05, 0) is 43.2 Å². The van der Waals surface area contributed by atoms with E-state index in [0.29, 0.717) is 49.1 Å². The van der Waals surface area contributed by atoms with Crippen LogP contribution in [0.4, 0.5) is 5.69 Å². The molecule has 2 aliphatic rings. The lowest BCUT2D eigenvalue weighted by Gasteiger charge is -2.32. The number of ether oxygens (including phenoxy) is 4. The minimum absolute atomic E-state index is 0.222. The second-order valence-corrected chi connectivity index (χ2v) is 7.04. The summed E-state index contributed by atoms with van der Waals surface area (Å²) < 4.78 is 22.6. The number of anilines is 1. The van der Waals surface area contributed by atoms with Crippen LogP contribution in [0, 0.1) is 0 Å². The van der Waals surface area contributed by atoms with Gasteiger partial charge in [0, 0.05) is 12.1 Å². The fourth-order valence-corrected chi connectivity index (χ4v) is 3.84. The quantitative estimate of drug-likeness (QED) is 0.687. The van der Waals surface area contributed by atoms with Crippen molar-refractivity contribution in [3.63, 3.8) is 0 Å². The number of nitrogens with zero attached hydrogens (tertiary/aromatic N) is 1. The number of fused-ring (bicyclic) bond motifs is 2. The number of benzene rings is 2. The standard InChI is InChI=1S/C21H22ClNO5/c1-25-15-7-9-16(10-8-15)26-12-3-11-23-19-17(5-2-6-18(19)22)21(20(23)24)27-13-4-14-28-21/h2,5-10H,3-4,11-14H2,1H3. The van der Waals surface area contributed by atoms with Crippen LogP contribution in [0.15, 0.2) is 42.5 Å². The van der Waals surface area contributed by atoms with Crippen molar-refractivity contribution in [3.05, 3.63) is 53.1 Å². The number of carbonyl (C=O) groups excluding carboxylic acids is 1. The first kappa shape index (κ1) is 19.1. The van der Waals surface area contributed by atoms with Crippen LogP contribution in [0.5, 0.6) is 11.5 Å². The second kappa shape index (κ2) is 7.99. The molecule has 148 valence electrons. The third-order valence-corrected chi connectivity index (χ3v) is 5.20. The van der Waals surface area contributed by atoms with E-state index in [-0.39, 0.29) is 5.91 Å². The van der Waals surface area contributed by atoms with Crippen LogP contribution in [-0.2, 0) is 20.1 Å². The number of hydrogen-bond acceptors (Lipinski definition) is 5. The van der Waals surface area contributed by atoms with Gasteiger partial charge in [-0.3, -0.25) is 4.79 Å². The predicted octanol–water partition coefficient (Wildman–Crippen LogP) is 3.75. The third kappa shape index (κ3) is 3.32. The van der Waals surface area contributed by atoms with E-state index in [9.17, 15) is 4.79 Å². The SMILES string of the molecule is COc1ccc(OCCCN2C(=O)C3(OCCCO3)c3cccc(Cl)c32)cc1. The number of rotatable bonds is 6. The number of amides is 1. The molecule has 0 aliphatic carbocycles. The molecule has 0 N–H and O–H groups in total. The molecule has 0 unspecified atom stereocenters. The molecular formula is C21H22ClNO5. The van der Waals surface area contributed by atoms with E-state index in [4.69, 9.17) is 30.5 Å². The van der Waals surface area contributed by atoms with E-state index >= 15 is 0 Å². The first-order valence-electron chi connectivity index (χ1n) is 9.31. The fraction of sp³-hybridized carbons (Fsp3) is 0.381. The molecular weight excluding hydrogens is 382 g/mol. The lowest BCUT2D eigenvalue weighted by atomic mass is 10.1. The van der Waals surface area contributed by atoms with Gasteiger partial charge in [0.25, 0.3) is 11.7 Å². The van der Waals surface area contributed by atoms with Crippen LogP contribution in [0.25, 0.3) is 0 Å². The van der Waals surface area contributed by atoms with Crippen molar-refractivity contribution in [1.82, 2.24) is 0 Å². The van der Waals surface area contributed by atoms with Gasteiger partial charge in [-0.15, -0.1) is 0 Å². The monoisotopic (exact) mass is 403 g/mol. The number of carbonyl (C=O) groups is 1. The fourth-order valence-electron chi connectivity index (χ4n) is 3.56. The molecule has 2 aromatic carbocycles. The molecule has 1 amide bonds. The Labute approximate surface area is 168 Å². The summed E-state index contributed by atoms with van der Waals surface area (Å²) >= 11 is 6.42. The van der Waals surface area contributed by atoms with Gasteiger partial charge < -0.3 is 23.8 Å². The lowest BCUT2D eigenvalue weighted by Crippen LogP contribution is -2.47. The molecule has 2 heterocycles. The highest BCUT2D eigenvalue weighted by molar-refractivity contribution is 6.35. The lowest BCUT2D eigenvalue weighted by molar-refractivity contribution is -0.256. The Morgan fingerprint density at radius 2 is 1.82 bits per heavy atom. The number of methoxy groups -OCH3 is 1. The third-order valence-electron chi connectivity index (χ3n) is 4.89. The molecule has 0 radical (unpaired) electrons. The maximum atomic E-state index is 13.2. The zero-order chi connectivity index (χ0) is 19.6. The smallest absolute Gasteiger partial charge is 0.292 e. The Morgan fingerprint density at radius 1 is 1.11 bits per heavy atom. The van der Waals surface area contributed by atoms with E-state index < -0.39 is 5.79 Å². The predicted molar refractivity (Wildman–Crippen MR) is 105 cm³/mol. The number of para-hydroxylation sites is 1. The van der Waals surface area contributed by atoms with E-state index in [1.807, 2.05) is 36.4 Å². The Bertz CT molecular complexity index is 848. The van der Waals surface area contributed by atoms with Crippen molar-refractivity contribution in [2.24, 2.45) is 0 Å². The van der Waals surface area contributed by atoms with Crippen LogP contribution in [0.1, 0.15) is 18.4 Å². The number of halogens is 1. The normalized spacial score (nSPS) is 17.6. The van der Waals surface area contributed by atoms with Crippen molar-refractivity contribution in [3.8, 4) is 11.5 Å². The summed E-state index contributed by atoms with van der Waals surface area (Å²) in [5.74, 6) is -0.0591. The molecule has 0 saturated carbocycles. The molecule has 0 bridgehead atoms. The summed E-state index contributed by atoms with van der Waals surface area (Å²) in [5, 5.41) is 0.511. The molecule has 2 aliphatic heterocycles. The van der Waals surface area contributed by atoms with Gasteiger partial charge >= 0.3 is 0 Å². The molecule has 1 saturated heterocycles. The Kier molecular flexibility index (Phi) is 5.44. The largest absolute Gasteiger partial charge is 0.497 e.